The number of halogens is 6. The van der Waals surface area contributed by atoms with Gasteiger partial charge in [-0.05, 0) is 29.8 Å². The number of fused-ring (bicyclic) bond motifs is 1. The Morgan fingerprint density at radius 1 is 0.971 bits per heavy atom. The Bertz CT molecular complexity index is 1490. The third-order valence-corrected chi connectivity index (χ3v) is 6.72. The number of sulfone groups is 1. The Kier molecular flexibility index (Phi) is 5.62. The summed E-state index contributed by atoms with van der Waals surface area (Å²) in [6, 6.07) is 7.51. The number of aromatic nitrogens is 4. The van der Waals surface area contributed by atoms with Crippen molar-refractivity contribution in [2.45, 2.75) is 24.2 Å². The second-order valence-electron chi connectivity index (χ2n) is 7.17. The van der Waals surface area contributed by atoms with Crippen LogP contribution in [0.3, 0.4) is 0 Å². The Hall–Kier alpha value is -3.48. The number of benzene rings is 1. The standard InChI is InChI=1S/C21H14F6N4O2S/c1-2-34(32,33)16-9-12(14-5-3-4-6-15(14)21(25,26)27)10-28-18(16)19-29-17-8-7-13(20(22,23)24)11-31(17)30-19/h3-11H,2H2,1H3. The van der Waals surface area contributed by atoms with Crippen LogP contribution < -0.4 is 0 Å². The Morgan fingerprint density at radius 2 is 1.68 bits per heavy atom. The second-order valence-corrected chi connectivity index (χ2v) is 9.42. The van der Waals surface area contributed by atoms with Crippen LogP contribution in [0.15, 0.2) is 59.8 Å². The maximum absolute atomic E-state index is 13.5. The van der Waals surface area contributed by atoms with Crippen molar-refractivity contribution in [3.05, 3.63) is 66.0 Å². The van der Waals surface area contributed by atoms with Crippen molar-refractivity contribution in [2.24, 2.45) is 0 Å². The van der Waals surface area contributed by atoms with E-state index in [4.69, 9.17) is 0 Å². The van der Waals surface area contributed by atoms with Gasteiger partial charge in [0.25, 0.3) is 0 Å². The van der Waals surface area contributed by atoms with E-state index in [0.717, 1.165) is 35.0 Å². The van der Waals surface area contributed by atoms with E-state index < -0.39 is 44.0 Å². The summed E-state index contributed by atoms with van der Waals surface area (Å²) in [5, 5.41) is 3.92. The molecule has 13 heteroatoms. The van der Waals surface area contributed by atoms with Crippen LogP contribution in [-0.4, -0.2) is 33.8 Å². The number of hydrogen-bond donors (Lipinski definition) is 0. The van der Waals surface area contributed by atoms with E-state index in [-0.39, 0.29) is 28.3 Å². The van der Waals surface area contributed by atoms with Gasteiger partial charge in [-0.2, -0.15) is 26.3 Å². The normalized spacial score (nSPS) is 12.9. The van der Waals surface area contributed by atoms with Gasteiger partial charge in [0.05, 0.1) is 21.8 Å². The average Bonchev–Trinajstić information content (AvgIpc) is 3.21. The predicted octanol–water partition coefficient (Wildman–Crippen LogP) is 5.29. The zero-order valence-corrected chi connectivity index (χ0v) is 18.0. The molecule has 3 aromatic heterocycles. The number of hydrogen-bond acceptors (Lipinski definition) is 5. The Labute approximate surface area is 188 Å². The summed E-state index contributed by atoms with van der Waals surface area (Å²) in [5.41, 5.74) is -2.64. The van der Waals surface area contributed by atoms with E-state index in [0.29, 0.717) is 6.20 Å². The first-order chi connectivity index (χ1) is 15.8. The molecule has 0 saturated carbocycles. The van der Waals surface area contributed by atoms with Gasteiger partial charge in [-0.3, -0.25) is 4.98 Å². The molecule has 0 unspecified atom stereocenters. The zero-order valence-electron chi connectivity index (χ0n) is 17.2. The largest absolute Gasteiger partial charge is 0.417 e. The molecule has 4 rings (SSSR count). The minimum Gasteiger partial charge on any atom is -0.251 e. The van der Waals surface area contributed by atoms with Gasteiger partial charge in [0, 0.05) is 18.0 Å². The monoisotopic (exact) mass is 500 g/mol. The number of alkyl halides is 6. The van der Waals surface area contributed by atoms with Crippen LogP contribution in [-0.2, 0) is 22.2 Å². The van der Waals surface area contributed by atoms with Gasteiger partial charge >= 0.3 is 12.4 Å². The van der Waals surface area contributed by atoms with Crippen LogP contribution in [0.25, 0.3) is 28.3 Å². The van der Waals surface area contributed by atoms with E-state index in [1.165, 1.54) is 25.1 Å². The number of rotatable bonds is 4. The topological polar surface area (TPSA) is 77.2 Å². The molecule has 0 bridgehead atoms. The van der Waals surface area contributed by atoms with Gasteiger partial charge < -0.3 is 0 Å². The summed E-state index contributed by atoms with van der Waals surface area (Å²) in [7, 11) is -4.04. The molecule has 0 N–H and O–H groups in total. The van der Waals surface area contributed by atoms with Crippen molar-refractivity contribution in [3.63, 3.8) is 0 Å². The summed E-state index contributed by atoms with van der Waals surface area (Å²) < 4.78 is 106. The highest BCUT2D eigenvalue weighted by Crippen LogP contribution is 2.38. The number of nitrogens with zero attached hydrogens (tertiary/aromatic N) is 4. The van der Waals surface area contributed by atoms with Crippen molar-refractivity contribution in [3.8, 4) is 22.6 Å². The van der Waals surface area contributed by atoms with Crippen LogP contribution in [0.1, 0.15) is 18.1 Å². The fourth-order valence-electron chi connectivity index (χ4n) is 3.29. The van der Waals surface area contributed by atoms with Gasteiger partial charge in [-0.25, -0.2) is 17.9 Å². The first-order valence-electron chi connectivity index (χ1n) is 9.64. The fourth-order valence-corrected chi connectivity index (χ4v) is 4.34. The van der Waals surface area contributed by atoms with Gasteiger partial charge in [-0.15, -0.1) is 5.10 Å². The molecule has 0 atom stereocenters. The minimum atomic E-state index is -4.70. The van der Waals surface area contributed by atoms with Crippen molar-refractivity contribution in [2.75, 3.05) is 5.75 Å². The van der Waals surface area contributed by atoms with Crippen molar-refractivity contribution < 1.29 is 34.8 Å². The van der Waals surface area contributed by atoms with Crippen LogP contribution in [0.2, 0.25) is 0 Å². The van der Waals surface area contributed by atoms with Gasteiger partial charge in [0.1, 0.15) is 5.69 Å². The molecule has 0 fully saturated rings. The second kappa shape index (κ2) is 8.08. The van der Waals surface area contributed by atoms with Gasteiger partial charge in [-0.1, -0.05) is 25.1 Å². The Morgan fingerprint density at radius 3 is 2.32 bits per heavy atom. The molecule has 0 amide bonds. The maximum atomic E-state index is 13.5. The highest BCUT2D eigenvalue weighted by atomic mass is 32.2. The first kappa shape index (κ1) is 23.7. The average molecular weight is 500 g/mol. The summed E-state index contributed by atoms with van der Waals surface area (Å²) in [4.78, 5) is 7.64. The summed E-state index contributed by atoms with van der Waals surface area (Å²) in [5.74, 6) is -0.695. The highest BCUT2D eigenvalue weighted by Gasteiger charge is 2.34. The molecular formula is C21H14F6N4O2S. The van der Waals surface area contributed by atoms with Crippen LogP contribution in [0, 0.1) is 0 Å². The maximum Gasteiger partial charge on any atom is 0.417 e. The van der Waals surface area contributed by atoms with E-state index in [9.17, 15) is 34.8 Å². The summed E-state index contributed by atoms with van der Waals surface area (Å²) in [6.45, 7) is 1.34. The van der Waals surface area contributed by atoms with Crippen molar-refractivity contribution >= 4 is 15.5 Å². The smallest absolute Gasteiger partial charge is 0.251 e. The van der Waals surface area contributed by atoms with Crippen LogP contribution in [0.5, 0.6) is 0 Å². The predicted molar refractivity (Wildman–Crippen MR) is 109 cm³/mol. The van der Waals surface area contributed by atoms with Gasteiger partial charge in [0.2, 0.25) is 5.82 Å². The molecule has 0 spiro atoms. The van der Waals surface area contributed by atoms with Crippen LogP contribution >= 0.6 is 0 Å². The minimum absolute atomic E-state index is 0.00357. The fraction of sp³-hybridized carbons (Fsp3) is 0.190. The van der Waals surface area contributed by atoms with Gasteiger partial charge in [0.15, 0.2) is 15.5 Å². The molecule has 34 heavy (non-hydrogen) atoms. The molecule has 6 nitrogen and oxygen atoms in total. The molecule has 3 heterocycles. The van der Waals surface area contributed by atoms with E-state index in [1.807, 2.05) is 0 Å². The lowest BCUT2D eigenvalue weighted by Crippen LogP contribution is -2.10. The summed E-state index contributed by atoms with van der Waals surface area (Å²) >= 11 is 0. The molecule has 0 aliphatic heterocycles. The lowest BCUT2D eigenvalue weighted by atomic mass is 10.0. The molecule has 0 saturated heterocycles. The van der Waals surface area contributed by atoms with Crippen LogP contribution in [0.4, 0.5) is 26.3 Å². The molecule has 0 aliphatic rings. The third-order valence-electron chi connectivity index (χ3n) is 4.98. The SMILES string of the molecule is CCS(=O)(=O)c1cc(-c2ccccc2C(F)(F)F)cnc1-c1nc2ccc(C(F)(F)F)cn2n1. The third kappa shape index (κ3) is 4.34. The molecule has 4 aromatic rings. The molecular weight excluding hydrogens is 486 g/mol. The molecule has 178 valence electrons. The Balaban J connectivity index is 1.92. The van der Waals surface area contributed by atoms with E-state index >= 15 is 0 Å². The quantitative estimate of drug-likeness (QED) is 0.356. The van der Waals surface area contributed by atoms with Crippen molar-refractivity contribution in [1.82, 2.24) is 19.6 Å². The molecule has 0 radical (unpaired) electrons. The first-order valence-corrected chi connectivity index (χ1v) is 11.3. The van der Waals surface area contributed by atoms with E-state index in [1.54, 1.807) is 0 Å². The van der Waals surface area contributed by atoms with E-state index in [2.05, 4.69) is 15.1 Å². The van der Waals surface area contributed by atoms with Crippen molar-refractivity contribution in [1.29, 1.82) is 0 Å². The number of pyridine rings is 2. The molecule has 1 aromatic carbocycles. The highest BCUT2D eigenvalue weighted by molar-refractivity contribution is 7.91. The summed E-state index contributed by atoms with van der Waals surface area (Å²) in [6.07, 6.45) is -7.60. The molecule has 0 aliphatic carbocycles. The lowest BCUT2D eigenvalue weighted by molar-refractivity contribution is -0.138. The zero-order chi connectivity index (χ0) is 24.9. The lowest BCUT2D eigenvalue weighted by Gasteiger charge is -2.14.